The Kier molecular flexibility index (Phi) is 6.59. The fourth-order valence-corrected chi connectivity index (χ4v) is 2.29. The molecule has 1 amide bonds. The van der Waals surface area contributed by atoms with Gasteiger partial charge in [-0.2, -0.15) is 0 Å². The number of nitro benzene ring substituents is 1. The van der Waals surface area contributed by atoms with E-state index in [2.05, 4.69) is 5.32 Å². The number of nitrogens with zero attached hydrogens (tertiary/aromatic N) is 1. The number of rotatable bonds is 8. The Balaban J connectivity index is 1.81. The van der Waals surface area contributed by atoms with Gasteiger partial charge in [0.05, 0.1) is 28.7 Å². The maximum Gasteiger partial charge on any atom is 0.270 e. The highest BCUT2D eigenvalue weighted by molar-refractivity contribution is 6.34. The lowest BCUT2D eigenvalue weighted by Crippen LogP contribution is -2.28. The summed E-state index contributed by atoms with van der Waals surface area (Å²) < 4.78 is 10.8. The molecule has 0 aromatic heterocycles. The summed E-state index contributed by atoms with van der Waals surface area (Å²) in [4.78, 5) is 22.1. The number of carbonyl (C=O) groups excluding carboxylic acids is 1. The third-order valence-corrected chi connectivity index (χ3v) is 3.51. The largest absolute Gasteiger partial charge is 0.494 e. The van der Waals surface area contributed by atoms with E-state index >= 15 is 0 Å². The van der Waals surface area contributed by atoms with Gasteiger partial charge in [0.1, 0.15) is 18.1 Å². The normalized spacial score (nSPS) is 10.2. The maximum absolute atomic E-state index is 12.0. The Labute approximate surface area is 149 Å². The second-order valence-corrected chi connectivity index (χ2v) is 5.34. The number of carbonyl (C=O) groups is 1. The van der Waals surface area contributed by atoms with Crippen LogP contribution in [-0.4, -0.2) is 30.6 Å². The van der Waals surface area contributed by atoms with Crippen molar-refractivity contribution in [2.75, 3.05) is 19.8 Å². The summed E-state index contributed by atoms with van der Waals surface area (Å²) in [5, 5.41) is 13.3. The van der Waals surface area contributed by atoms with Gasteiger partial charge in [0, 0.05) is 12.1 Å². The Morgan fingerprint density at radius 2 is 1.80 bits per heavy atom. The zero-order chi connectivity index (χ0) is 18.2. The molecule has 0 saturated heterocycles. The molecular weight excluding hydrogens is 348 g/mol. The summed E-state index contributed by atoms with van der Waals surface area (Å²) in [6.45, 7) is 3.03. The molecule has 0 fully saturated rings. The van der Waals surface area contributed by atoms with Crippen molar-refractivity contribution in [2.24, 2.45) is 0 Å². The Hall–Kier alpha value is -2.80. The van der Waals surface area contributed by atoms with E-state index in [0.29, 0.717) is 12.4 Å². The van der Waals surface area contributed by atoms with Gasteiger partial charge in [-0.05, 0) is 37.3 Å². The molecule has 2 rings (SSSR count). The third kappa shape index (κ3) is 5.36. The number of nitrogens with one attached hydrogen (secondary N) is 1. The zero-order valence-corrected chi connectivity index (χ0v) is 14.3. The van der Waals surface area contributed by atoms with Gasteiger partial charge < -0.3 is 14.8 Å². The Morgan fingerprint density at radius 3 is 2.36 bits per heavy atom. The van der Waals surface area contributed by atoms with E-state index in [0.717, 1.165) is 11.8 Å². The minimum Gasteiger partial charge on any atom is -0.494 e. The van der Waals surface area contributed by atoms with Gasteiger partial charge in [-0.1, -0.05) is 11.6 Å². The van der Waals surface area contributed by atoms with Crippen LogP contribution in [0.15, 0.2) is 42.5 Å². The first-order valence-corrected chi connectivity index (χ1v) is 7.97. The lowest BCUT2D eigenvalue weighted by atomic mass is 10.2. The summed E-state index contributed by atoms with van der Waals surface area (Å²) in [6.07, 6.45) is 0. The SMILES string of the molecule is CCOc1ccc(OCCNC(=O)c2ccc([N+](=O)[O-])cc2Cl)cc1. The Bertz CT molecular complexity index is 749. The van der Waals surface area contributed by atoms with Gasteiger partial charge in [0.2, 0.25) is 0 Å². The number of ether oxygens (including phenoxy) is 2. The molecule has 2 aromatic rings. The first-order valence-electron chi connectivity index (χ1n) is 7.59. The lowest BCUT2D eigenvalue weighted by molar-refractivity contribution is -0.384. The molecule has 8 heteroatoms. The first kappa shape index (κ1) is 18.5. The smallest absolute Gasteiger partial charge is 0.270 e. The third-order valence-electron chi connectivity index (χ3n) is 3.20. The van der Waals surface area contributed by atoms with Gasteiger partial charge in [-0.25, -0.2) is 0 Å². The standard InChI is InChI=1S/C17H17ClN2O5/c1-2-24-13-4-6-14(7-5-13)25-10-9-19-17(21)15-8-3-12(20(22)23)11-16(15)18/h3-8,11H,2,9-10H2,1H3,(H,19,21). The van der Waals surface area contributed by atoms with Crippen molar-refractivity contribution in [1.82, 2.24) is 5.32 Å². The maximum atomic E-state index is 12.0. The topological polar surface area (TPSA) is 90.7 Å². The second-order valence-electron chi connectivity index (χ2n) is 4.93. The van der Waals surface area contributed by atoms with Crippen molar-refractivity contribution in [3.8, 4) is 11.5 Å². The number of non-ortho nitro benzene ring substituents is 1. The Morgan fingerprint density at radius 1 is 1.16 bits per heavy atom. The molecule has 0 unspecified atom stereocenters. The molecule has 0 radical (unpaired) electrons. The lowest BCUT2D eigenvalue weighted by Gasteiger charge is -2.09. The highest BCUT2D eigenvalue weighted by Crippen LogP contribution is 2.22. The molecule has 0 saturated carbocycles. The van der Waals surface area contributed by atoms with Crippen LogP contribution in [0, 0.1) is 10.1 Å². The van der Waals surface area contributed by atoms with Crippen LogP contribution in [0.25, 0.3) is 0 Å². The fraction of sp³-hybridized carbons (Fsp3) is 0.235. The average Bonchev–Trinajstić information content (AvgIpc) is 2.60. The molecule has 0 atom stereocenters. The molecule has 2 aromatic carbocycles. The van der Waals surface area contributed by atoms with Gasteiger partial charge in [-0.3, -0.25) is 14.9 Å². The minimum absolute atomic E-state index is 0.0270. The monoisotopic (exact) mass is 364 g/mol. The molecule has 132 valence electrons. The van der Waals surface area contributed by atoms with E-state index in [1.165, 1.54) is 12.1 Å². The number of halogens is 1. The van der Waals surface area contributed by atoms with Crippen LogP contribution in [0.4, 0.5) is 5.69 Å². The highest BCUT2D eigenvalue weighted by atomic mass is 35.5. The van der Waals surface area contributed by atoms with E-state index in [1.807, 2.05) is 6.92 Å². The van der Waals surface area contributed by atoms with Crippen molar-refractivity contribution in [3.05, 3.63) is 63.2 Å². The summed E-state index contributed by atoms with van der Waals surface area (Å²) in [6, 6.07) is 10.9. The second kappa shape index (κ2) is 8.89. The summed E-state index contributed by atoms with van der Waals surface area (Å²) in [5.74, 6) is 0.997. The van der Waals surface area contributed by atoms with Gasteiger partial charge >= 0.3 is 0 Å². The van der Waals surface area contributed by atoms with E-state index in [9.17, 15) is 14.9 Å². The molecule has 0 spiro atoms. The van der Waals surface area contributed by atoms with Crippen molar-refractivity contribution in [1.29, 1.82) is 0 Å². The van der Waals surface area contributed by atoms with Crippen LogP contribution in [0.2, 0.25) is 5.02 Å². The van der Waals surface area contributed by atoms with Crippen LogP contribution < -0.4 is 14.8 Å². The van der Waals surface area contributed by atoms with Crippen LogP contribution >= 0.6 is 11.6 Å². The van der Waals surface area contributed by atoms with Crippen molar-refractivity contribution in [2.45, 2.75) is 6.92 Å². The van der Waals surface area contributed by atoms with Gasteiger partial charge in [-0.15, -0.1) is 0 Å². The van der Waals surface area contributed by atoms with E-state index in [4.69, 9.17) is 21.1 Å². The molecule has 0 bridgehead atoms. The predicted octanol–water partition coefficient (Wildman–Crippen LogP) is 3.46. The van der Waals surface area contributed by atoms with Gasteiger partial charge in [0.15, 0.2) is 0 Å². The van der Waals surface area contributed by atoms with Crippen molar-refractivity contribution < 1.29 is 19.2 Å². The number of amides is 1. The van der Waals surface area contributed by atoms with E-state index < -0.39 is 10.8 Å². The molecule has 0 heterocycles. The van der Waals surface area contributed by atoms with Crippen molar-refractivity contribution in [3.63, 3.8) is 0 Å². The quantitative estimate of drug-likeness (QED) is 0.440. The minimum atomic E-state index is -0.571. The number of benzene rings is 2. The number of hydrogen-bond donors (Lipinski definition) is 1. The molecular formula is C17H17ClN2O5. The summed E-state index contributed by atoms with van der Waals surface area (Å²) >= 11 is 5.91. The number of nitro groups is 1. The summed E-state index contributed by atoms with van der Waals surface area (Å²) in [7, 11) is 0. The molecule has 0 aliphatic carbocycles. The van der Waals surface area contributed by atoms with E-state index in [1.54, 1.807) is 24.3 Å². The highest BCUT2D eigenvalue weighted by Gasteiger charge is 2.14. The van der Waals surface area contributed by atoms with Crippen LogP contribution in [0.5, 0.6) is 11.5 Å². The zero-order valence-electron chi connectivity index (χ0n) is 13.5. The molecule has 0 aliphatic rings. The first-order chi connectivity index (χ1) is 12.0. The molecule has 25 heavy (non-hydrogen) atoms. The van der Waals surface area contributed by atoms with Crippen LogP contribution in [0.1, 0.15) is 17.3 Å². The van der Waals surface area contributed by atoms with Crippen LogP contribution in [-0.2, 0) is 0 Å². The average molecular weight is 365 g/mol. The van der Waals surface area contributed by atoms with Gasteiger partial charge in [0.25, 0.3) is 11.6 Å². The molecule has 1 N–H and O–H groups in total. The van der Waals surface area contributed by atoms with Crippen LogP contribution in [0.3, 0.4) is 0 Å². The molecule has 7 nitrogen and oxygen atoms in total. The van der Waals surface area contributed by atoms with Crippen molar-refractivity contribution >= 4 is 23.2 Å². The fourth-order valence-electron chi connectivity index (χ4n) is 2.03. The van der Waals surface area contributed by atoms with E-state index in [-0.39, 0.29) is 29.4 Å². The number of hydrogen-bond acceptors (Lipinski definition) is 5. The predicted molar refractivity (Wildman–Crippen MR) is 93.5 cm³/mol. The molecule has 0 aliphatic heterocycles. The summed E-state index contributed by atoms with van der Waals surface area (Å²) in [5.41, 5.74) is 0.00807.